The molecule has 4 nitrogen and oxygen atoms in total. The summed E-state index contributed by atoms with van der Waals surface area (Å²) in [5.41, 5.74) is 3.29. The van der Waals surface area contributed by atoms with Crippen LogP contribution in [0.25, 0.3) is 0 Å². The fourth-order valence-corrected chi connectivity index (χ4v) is 3.85. The van der Waals surface area contributed by atoms with Gasteiger partial charge in [0.1, 0.15) is 6.04 Å². The van der Waals surface area contributed by atoms with Gasteiger partial charge < -0.3 is 10.2 Å². The second-order valence-electron chi connectivity index (χ2n) is 7.62. The monoisotopic (exact) mass is 446 g/mol. The number of carbonyl (C=O) groups is 2. The van der Waals surface area contributed by atoms with E-state index < -0.39 is 6.04 Å². The van der Waals surface area contributed by atoms with Crippen LogP contribution in [-0.4, -0.2) is 34.6 Å². The third-order valence-electron chi connectivity index (χ3n) is 5.05. The summed E-state index contributed by atoms with van der Waals surface area (Å²) in [6, 6.07) is 15.2. The number of benzene rings is 2. The van der Waals surface area contributed by atoms with Crippen molar-refractivity contribution in [2.24, 2.45) is 0 Å². The van der Waals surface area contributed by atoms with Crippen LogP contribution in [0.3, 0.4) is 0 Å². The van der Waals surface area contributed by atoms with Gasteiger partial charge in [0.05, 0.1) is 5.75 Å². The lowest BCUT2D eigenvalue weighted by Gasteiger charge is -2.29. The summed E-state index contributed by atoms with van der Waals surface area (Å²) in [4.78, 5) is 27.4. The lowest BCUT2D eigenvalue weighted by molar-refractivity contribution is -0.138. The van der Waals surface area contributed by atoms with Crippen LogP contribution in [0, 0.1) is 6.92 Å². The van der Waals surface area contributed by atoms with Crippen molar-refractivity contribution < 1.29 is 9.59 Å². The Balaban J connectivity index is 2.06. The summed E-state index contributed by atoms with van der Waals surface area (Å²) in [6.07, 6.45) is 0.849. The first-order valence-electron chi connectivity index (χ1n) is 10.3. The third kappa shape index (κ3) is 7.69. The zero-order valence-electron chi connectivity index (χ0n) is 18.2. The van der Waals surface area contributed by atoms with E-state index in [-0.39, 0.29) is 17.9 Å². The van der Waals surface area contributed by atoms with E-state index in [4.69, 9.17) is 11.6 Å². The number of rotatable bonds is 10. The van der Waals surface area contributed by atoms with Gasteiger partial charge in [-0.3, -0.25) is 9.59 Å². The molecule has 0 aliphatic carbocycles. The van der Waals surface area contributed by atoms with Crippen LogP contribution >= 0.6 is 23.4 Å². The zero-order valence-corrected chi connectivity index (χ0v) is 19.7. The molecular formula is C24H31ClN2O2S. The molecule has 0 saturated carbocycles. The topological polar surface area (TPSA) is 49.4 Å². The largest absolute Gasteiger partial charge is 0.352 e. The second kappa shape index (κ2) is 12.0. The maximum Gasteiger partial charge on any atom is 0.242 e. The number of hydrogen-bond acceptors (Lipinski definition) is 3. The molecule has 0 heterocycles. The molecule has 0 saturated heterocycles. The first-order chi connectivity index (χ1) is 14.3. The van der Waals surface area contributed by atoms with Crippen LogP contribution in [0.15, 0.2) is 48.5 Å². The number of amides is 2. The van der Waals surface area contributed by atoms with Crippen molar-refractivity contribution in [3.63, 3.8) is 0 Å². The molecule has 1 N–H and O–H groups in total. The maximum absolute atomic E-state index is 13.1. The van der Waals surface area contributed by atoms with Gasteiger partial charge in [-0.1, -0.05) is 60.5 Å². The van der Waals surface area contributed by atoms with Crippen molar-refractivity contribution in [3.05, 3.63) is 70.2 Å². The molecule has 0 aliphatic rings. The molecule has 2 aromatic rings. The van der Waals surface area contributed by atoms with Crippen molar-refractivity contribution >= 4 is 35.2 Å². The number of carbonyl (C=O) groups excluding carboxylic acids is 2. The van der Waals surface area contributed by atoms with Gasteiger partial charge in [-0.05, 0) is 50.5 Å². The Labute approximate surface area is 189 Å². The van der Waals surface area contributed by atoms with Gasteiger partial charge in [0.15, 0.2) is 0 Å². The van der Waals surface area contributed by atoms with Crippen molar-refractivity contribution in [1.29, 1.82) is 0 Å². The zero-order chi connectivity index (χ0) is 22.1. The Morgan fingerprint density at radius 3 is 2.23 bits per heavy atom. The van der Waals surface area contributed by atoms with Gasteiger partial charge >= 0.3 is 0 Å². The van der Waals surface area contributed by atoms with Gasteiger partial charge in [-0.15, -0.1) is 11.8 Å². The predicted molar refractivity (Wildman–Crippen MR) is 127 cm³/mol. The van der Waals surface area contributed by atoms with Crippen molar-refractivity contribution in [2.75, 3.05) is 5.75 Å². The quantitative estimate of drug-likeness (QED) is 0.544. The highest BCUT2D eigenvalue weighted by Crippen LogP contribution is 2.18. The first-order valence-corrected chi connectivity index (χ1v) is 11.8. The first kappa shape index (κ1) is 24.3. The van der Waals surface area contributed by atoms with Crippen molar-refractivity contribution in [3.8, 4) is 0 Å². The molecule has 2 amide bonds. The van der Waals surface area contributed by atoms with Crippen molar-refractivity contribution in [2.45, 2.75) is 58.5 Å². The van der Waals surface area contributed by atoms with E-state index in [1.54, 1.807) is 23.6 Å². The van der Waals surface area contributed by atoms with E-state index in [0.717, 1.165) is 23.1 Å². The molecule has 2 aromatic carbocycles. The normalized spacial score (nSPS) is 12.8. The molecule has 2 rings (SSSR count). The number of thioether (sulfide) groups is 1. The molecule has 0 aliphatic heterocycles. The number of nitrogens with one attached hydrogen (secondary N) is 1. The van der Waals surface area contributed by atoms with E-state index in [2.05, 4.69) is 5.32 Å². The summed E-state index contributed by atoms with van der Waals surface area (Å²) in [5, 5.41) is 3.69. The van der Waals surface area contributed by atoms with E-state index in [1.165, 1.54) is 0 Å². The second-order valence-corrected chi connectivity index (χ2v) is 9.04. The van der Waals surface area contributed by atoms with E-state index in [0.29, 0.717) is 23.1 Å². The predicted octanol–water partition coefficient (Wildman–Crippen LogP) is 5.21. The van der Waals surface area contributed by atoms with Gasteiger partial charge in [-0.2, -0.15) is 0 Å². The molecule has 0 spiro atoms. The molecule has 0 radical (unpaired) electrons. The molecule has 162 valence electrons. The fourth-order valence-electron chi connectivity index (χ4n) is 2.86. The molecule has 0 fully saturated rings. The molecular weight excluding hydrogens is 416 g/mol. The minimum absolute atomic E-state index is 0.0404. The minimum atomic E-state index is -0.538. The highest BCUT2D eigenvalue weighted by molar-refractivity contribution is 7.99. The lowest BCUT2D eigenvalue weighted by atomic mass is 10.1. The Morgan fingerprint density at radius 1 is 1.03 bits per heavy atom. The molecule has 30 heavy (non-hydrogen) atoms. The molecule has 0 aromatic heterocycles. The van der Waals surface area contributed by atoms with Crippen LogP contribution in [0.1, 0.15) is 43.9 Å². The molecule has 2 atom stereocenters. The summed E-state index contributed by atoms with van der Waals surface area (Å²) >= 11 is 7.47. The lowest BCUT2D eigenvalue weighted by Crippen LogP contribution is -2.50. The van der Waals surface area contributed by atoms with Crippen LogP contribution in [0.5, 0.6) is 0 Å². The van der Waals surface area contributed by atoms with Crippen LogP contribution in [0.4, 0.5) is 0 Å². The number of aryl methyl sites for hydroxylation is 1. The van der Waals surface area contributed by atoms with Gasteiger partial charge in [0.2, 0.25) is 11.8 Å². The van der Waals surface area contributed by atoms with Crippen LogP contribution < -0.4 is 5.32 Å². The van der Waals surface area contributed by atoms with Crippen LogP contribution in [0.2, 0.25) is 5.02 Å². The fraction of sp³-hybridized carbons (Fsp3) is 0.417. The highest BCUT2D eigenvalue weighted by atomic mass is 35.5. The number of halogens is 1. The van der Waals surface area contributed by atoms with E-state index >= 15 is 0 Å². The van der Waals surface area contributed by atoms with Gasteiger partial charge in [0, 0.05) is 23.4 Å². The third-order valence-corrected chi connectivity index (χ3v) is 6.29. The Morgan fingerprint density at radius 2 is 1.63 bits per heavy atom. The standard InChI is InChI=1S/C24H31ClN2O2S/c1-5-18(3)26-24(29)19(4)27(14-20-8-6-17(2)7-9-20)23(28)16-30-15-21-10-12-22(25)13-11-21/h6-13,18-19H,5,14-16H2,1-4H3,(H,26,29)/t18-,19-/m0/s1. The summed E-state index contributed by atoms with van der Waals surface area (Å²) in [6.45, 7) is 8.24. The summed E-state index contributed by atoms with van der Waals surface area (Å²) in [7, 11) is 0. The minimum Gasteiger partial charge on any atom is -0.352 e. The van der Waals surface area contributed by atoms with E-state index in [1.807, 2.05) is 69.3 Å². The summed E-state index contributed by atoms with van der Waals surface area (Å²) < 4.78 is 0. The number of nitrogens with zero attached hydrogens (tertiary/aromatic N) is 1. The Bertz CT molecular complexity index is 824. The number of hydrogen-bond donors (Lipinski definition) is 1. The van der Waals surface area contributed by atoms with Crippen LogP contribution in [-0.2, 0) is 21.9 Å². The van der Waals surface area contributed by atoms with E-state index in [9.17, 15) is 9.59 Å². The molecule has 6 heteroatoms. The van der Waals surface area contributed by atoms with Gasteiger partial charge in [-0.25, -0.2) is 0 Å². The van der Waals surface area contributed by atoms with Crippen molar-refractivity contribution in [1.82, 2.24) is 10.2 Å². The Hall–Kier alpha value is -1.98. The average Bonchev–Trinajstić information content (AvgIpc) is 2.74. The van der Waals surface area contributed by atoms with Gasteiger partial charge in [0.25, 0.3) is 0 Å². The SMILES string of the molecule is CC[C@H](C)NC(=O)[C@H](C)N(Cc1ccc(C)cc1)C(=O)CSCc1ccc(Cl)cc1. The molecule has 0 bridgehead atoms. The maximum atomic E-state index is 13.1. The average molecular weight is 447 g/mol. The highest BCUT2D eigenvalue weighted by Gasteiger charge is 2.26. The smallest absolute Gasteiger partial charge is 0.242 e. The summed E-state index contributed by atoms with van der Waals surface area (Å²) in [5.74, 6) is 0.873. The Kier molecular flexibility index (Phi) is 9.73. The molecule has 0 unspecified atom stereocenters.